The van der Waals surface area contributed by atoms with Gasteiger partial charge in [0.1, 0.15) is 0 Å². The predicted octanol–water partition coefficient (Wildman–Crippen LogP) is 3.29. The monoisotopic (exact) mass is 421 g/mol. The number of hydrogen-bond acceptors (Lipinski definition) is 6. The molecule has 0 bridgehead atoms. The lowest BCUT2D eigenvalue weighted by Gasteiger charge is -2.10. The minimum atomic E-state index is -0.510. The van der Waals surface area contributed by atoms with Crippen molar-refractivity contribution < 1.29 is 19.2 Å². The second-order valence-corrected chi connectivity index (χ2v) is 5.78. The molecular weight excluding hydrogens is 406 g/mol. The number of carbonyl (C=O) groups excluding carboxylic acids is 1. The zero-order valence-electron chi connectivity index (χ0n) is 13.8. The van der Waals surface area contributed by atoms with E-state index in [1.54, 1.807) is 30.3 Å². The van der Waals surface area contributed by atoms with Crippen molar-refractivity contribution in [2.75, 3.05) is 13.2 Å². The molecule has 0 aromatic heterocycles. The van der Waals surface area contributed by atoms with Crippen LogP contribution in [0.2, 0.25) is 0 Å². The molecule has 0 spiro atoms. The molecule has 0 saturated carbocycles. The quantitative estimate of drug-likeness (QED) is 0.400. The van der Waals surface area contributed by atoms with Gasteiger partial charge in [0.05, 0.1) is 22.2 Å². The Balaban J connectivity index is 1.90. The first-order valence-corrected chi connectivity index (χ1v) is 8.41. The molecule has 0 atom stereocenters. The Hall–Kier alpha value is -2.94. The van der Waals surface area contributed by atoms with E-state index in [1.807, 2.05) is 6.92 Å². The number of rotatable bonds is 8. The molecule has 1 N–H and O–H groups in total. The lowest BCUT2D eigenvalue weighted by molar-refractivity contribution is -0.385. The van der Waals surface area contributed by atoms with Gasteiger partial charge in [0, 0.05) is 11.6 Å². The van der Waals surface area contributed by atoms with E-state index in [1.165, 1.54) is 18.3 Å². The van der Waals surface area contributed by atoms with Crippen LogP contribution in [0.15, 0.2) is 52.0 Å². The van der Waals surface area contributed by atoms with Gasteiger partial charge in [0.15, 0.2) is 18.1 Å². The molecular formula is C17H16BrN3O5. The van der Waals surface area contributed by atoms with Crippen molar-refractivity contribution in [3.63, 3.8) is 0 Å². The maximum absolute atomic E-state index is 11.8. The van der Waals surface area contributed by atoms with E-state index in [0.717, 1.165) is 0 Å². The minimum Gasteiger partial charge on any atom is -0.490 e. The van der Waals surface area contributed by atoms with Crippen LogP contribution >= 0.6 is 15.9 Å². The van der Waals surface area contributed by atoms with E-state index in [-0.39, 0.29) is 12.3 Å². The van der Waals surface area contributed by atoms with Gasteiger partial charge in [0.25, 0.3) is 11.6 Å². The van der Waals surface area contributed by atoms with Crippen molar-refractivity contribution in [1.82, 2.24) is 5.43 Å². The second-order valence-electron chi connectivity index (χ2n) is 4.93. The number of amides is 1. The molecule has 0 radical (unpaired) electrons. The molecule has 0 aliphatic heterocycles. The van der Waals surface area contributed by atoms with Gasteiger partial charge in [-0.2, -0.15) is 5.10 Å². The topological polar surface area (TPSA) is 103 Å². The number of nitrogens with zero attached hydrogens (tertiary/aromatic N) is 2. The number of nitrogens with one attached hydrogen (secondary N) is 1. The molecule has 2 rings (SSSR count). The summed E-state index contributed by atoms with van der Waals surface area (Å²) in [5.74, 6) is 0.532. The number of benzene rings is 2. The highest BCUT2D eigenvalue weighted by atomic mass is 79.9. The first-order chi connectivity index (χ1) is 12.5. The standard InChI is InChI=1S/C17H16BrN3O5/c1-2-25-15-5-3-4-6-16(15)26-11-17(22)20-19-10-12-7-8-13(18)14(9-12)21(23)24/h3-10H,2,11H2,1H3,(H,20,22)/b19-10-. The maximum Gasteiger partial charge on any atom is 0.284 e. The smallest absolute Gasteiger partial charge is 0.284 e. The molecule has 2 aromatic carbocycles. The molecule has 0 aliphatic carbocycles. The van der Waals surface area contributed by atoms with Gasteiger partial charge in [-0.3, -0.25) is 14.9 Å². The van der Waals surface area contributed by atoms with E-state index < -0.39 is 10.8 Å². The Morgan fingerprint density at radius 3 is 2.62 bits per heavy atom. The van der Waals surface area contributed by atoms with Crippen molar-refractivity contribution in [3.8, 4) is 11.5 Å². The van der Waals surface area contributed by atoms with E-state index in [9.17, 15) is 14.9 Å². The minimum absolute atomic E-state index is 0.0869. The molecule has 0 heterocycles. The number of hydrazone groups is 1. The summed E-state index contributed by atoms with van der Waals surface area (Å²) < 4.78 is 11.2. The molecule has 2 aromatic rings. The summed E-state index contributed by atoms with van der Waals surface area (Å²) in [5, 5.41) is 14.7. The lowest BCUT2D eigenvalue weighted by Crippen LogP contribution is -2.24. The first-order valence-electron chi connectivity index (χ1n) is 7.61. The Kier molecular flexibility index (Phi) is 7.10. The van der Waals surface area contributed by atoms with Gasteiger partial charge in [-0.15, -0.1) is 0 Å². The zero-order valence-corrected chi connectivity index (χ0v) is 15.4. The van der Waals surface area contributed by atoms with E-state index in [4.69, 9.17) is 9.47 Å². The summed E-state index contributed by atoms with van der Waals surface area (Å²) in [4.78, 5) is 22.2. The molecule has 9 heteroatoms. The third-order valence-corrected chi connectivity index (χ3v) is 3.75. The van der Waals surface area contributed by atoms with Crippen molar-refractivity contribution in [2.45, 2.75) is 6.92 Å². The van der Waals surface area contributed by atoms with Gasteiger partial charge >= 0.3 is 0 Å². The summed E-state index contributed by atoms with van der Waals surface area (Å²) in [6.45, 7) is 2.09. The average Bonchev–Trinajstić information content (AvgIpc) is 2.62. The molecule has 8 nitrogen and oxygen atoms in total. The number of hydrogen-bond donors (Lipinski definition) is 1. The first kappa shape index (κ1) is 19.4. The van der Waals surface area contributed by atoms with Crippen molar-refractivity contribution >= 4 is 33.7 Å². The molecule has 26 heavy (non-hydrogen) atoms. The average molecular weight is 422 g/mol. The maximum atomic E-state index is 11.8. The van der Waals surface area contributed by atoms with Crippen LogP contribution in [0.25, 0.3) is 0 Å². The lowest BCUT2D eigenvalue weighted by atomic mass is 10.2. The summed E-state index contributed by atoms with van der Waals surface area (Å²) in [7, 11) is 0. The third-order valence-electron chi connectivity index (χ3n) is 3.08. The molecule has 0 saturated heterocycles. The van der Waals surface area contributed by atoms with Crippen LogP contribution in [0.1, 0.15) is 12.5 Å². The molecule has 1 amide bonds. The van der Waals surface area contributed by atoms with Crippen LogP contribution in [0.5, 0.6) is 11.5 Å². The van der Waals surface area contributed by atoms with Crippen LogP contribution in [-0.4, -0.2) is 30.3 Å². The Labute approximate surface area is 158 Å². The number of carbonyl (C=O) groups is 1. The predicted molar refractivity (Wildman–Crippen MR) is 99.6 cm³/mol. The molecule has 0 aliphatic rings. The summed E-state index contributed by atoms with van der Waals surface area (Å²) >= 11 is 3.10. The fraction of sp³-hybridized carbons (Fsp3) is 0.176. The second kappa shape index (κ2) is 9.52. The molecule has 136 valence electrons. The number of nitro groups is 1. The Morgan fingerprint density at radius 1 is 1.27 bits per heavy atom. The zero-order chi connectivity index (χ0) is 18.9. The third kappa shape index (κ3) is 5.55. The van der Waals surface area contributed by atoms with E-state index >= 15 is 0 Å². The van der Waals surface area contributed by atoms with Crippen LogP contribution in [-0.2, 0) is 4.79 Å². The van der Waals surface area contributed by atoms with Crippen molar-refractivity contribution in [2.24, 2.45) is 5.10 Å². The molecule has 0 fully saturated rings. The normalized spacial score (nSPS) is 10.5. The fourth-order valence-electron chi connectivity index (χ4n) is 1.95. The summed E-state index contributed by atoms with van der Waals surface area (Å²) in [6.07, 6.45) is 1.31. The highest BCUT2D eigenvalue weighted by Crippen LogP contribution is 2.26. The highest BCUT2D eigenvalue weighted by Gasteiger charge is 2.11. The Bertz CT molecular complexity index is 826. The highest BCUT2D eigenvalue weighted by molar-refractivity contribution is 9.10. The summed E-state index contributed by atoms with van der Waals surface area (Å²) in [6, 6.07) is 11.5. The van der Waals surface area contributed by atoms with Crippen LogP contribution in [0.4, 0.5) is 5.69 Å². The van der Waals surface area contributed by atoms with Gasteiger partial charge in [-0.25, -0.2) is 5.43 Å². The Morgan fingerprint density at radius 2 is 1.96 bits per heavy atom. The van der Waals surface area contributed by atoms with Gasteiger partial charge in [-0.1, -0.05) is 18.2 Å². The van der Waals surface area contributed by atoms with Crippen LogP contribution < -0.4 is 14.9 Å². The van der Waals surface area contributed by atoms with Crippen LogP contribution in [0.3, 0.4) is 0 Å². The van der Waals surface area contributed by atoms with E-state index in [2.05, 4.69) is 26.5 Å². The fourth-order valence-corrected chi connectivity index (χ4v) is 2.34. The van der Waals surface area contributed by atoms with Crippen molar-refractivity contribution in [3.05, 3.63) is 62.6 Å². The van der Waals surface area contributed by atoms with Gasteiger partial charge < -0.3 is 9.47 Å². The van der Waals surface area contributed by atoms with Crippen LogP contribution in [0, 0.1) is 10.1 Å². The number of ether oxygens (including phenoxy) is 2. The number of halogens is 1. The van der Waals surface area contributed by atoms with Crippen molar-refractivity contribution in [1.29, 1.82) is 0 Å². The number of nitro benzene ring substituents is 1. The SMILES string of the molecule is CCOc1ccccc1OCC(=O)N/N=C\c1ccc(Br)c([N+](=O)[O-])c1. The summed E-state index contributed by atoms with van der Waals surface area (Å²) in [5.41, 5.74) is 2.69. The number of para-hydroxylation sites is 2. The van der Waals surface area contributed by atoms with Gasteiger partial charge in [0.2, 0.25) is 0 Å². The van der Waals surface area contributed by atoms with E-state index in [0.29, 0.717) is 28.1 Å². The molecule has 0 unspecified atom stereocenters. The van der Waals surface area contributed by atoms with Gasteiger partial charge in [-0.05, 0) is 41.1 Å². The largest absolute Gasteiger partial charge is 0.490 e.